The molecule has 9 heteroatoms. The molecule has 2 N–H and O–H groups in total. The molecule has 2 rings (SSSR count). The van der Waals surface area contributed by atoms with Crippen LogP contribution in [0.3, 0.4) is 0 Å². The zero-order chi connectivity index (χ0) is 17.9. The minimum absolute atomic E-state index is 0.674. The third-order valence-electron chi connectivity index (χ3n) is 3.08. The monoisotopic (exact) mass is 355 g/mol. The Morgan fingerprint density at radius 1 is 1.42 bits per heavy atom. The predicted molar refractivity (Wildman–Crippen MR) is 90.2 cm³/mol. The van der Waals surface area contributed by atoms with Gasteiger partial charge in [-0.2, -0.15) is 4.37 Å². The van der Waals surface area contributed by atoms with Crippen molar-refractivity contribution in [3.05, 3.63) is 24.4 Å². The molecule has 0 saturated carbocycles. The van der Waals surface area contributed by atoms with Crippen LogP contribution >= 0.6 is 11.7 Å². The van der Waals surface area contributed by atoms with Gasteiger partial charge in [-0.3, -0.25) is 0 Å². The van der Waals surface area contributed by atoms with Crippen LogP contribution < -0.4 is 4.74 Å². The molecule has 0 atom stereocenters. The van der Waals surface area contributed by atoms with Crippen LogP contribution in [0.4, 0.5) is 0 Å². The maximum absolute atomic E-state index is 9.10. The van der Waals surface area contributed by atoms with Gasteiger partial charge in [-0.1, -0.05) is 12.2 Å². The fraction of sp³-hybridized carbons (Fsp3) is 0.467. The van der Waals surface area contributed by atoms with Crippen LogP contribution in [-0.4, -0.2) is 62.5 Å². The maximum atomic E-state index is 9.10. The zero-order valence-electron chi connectivity index (χ0n) is 13.5. The molecule has 0 amide bonds. The summed E-state index contributed by atoms with van der Waals surface area (Å²) in [6.07, 6.45) is 7.16. The number of aliphatic carboxylic acids is 2. The van der Waals surface area contributed by atoms with E-state index in [0.717, 1.165) is 38.0 Å². The second kappa shape index (κ2) is 10.5. The lowest BCUT2D eigenvalue weighted by Crippen LogP contribution is -2.25. The summed E-state index contributed by atoms with van der Waals surface area (Å²) in [6, 6.07) is 0. The number of hydrogen-bond donors (Lipinski definition) is 2. The number of rotatable bonds is 6. The largest absolute Gasteiger partial charge is 0.475 e. The number of carbonyl (C=O) groups is 2. The van der Waals surface area contributed by atoms with E-state index < -0.39 is 11.9 Å². The van der Waals surface area contributed by atoms with E-state index in [1.165, 1.54) is 17.3 Å². The summed E-state index contributed by atoms with van der Waals surface area (Å²) in [5, 5.41) is 14.8. The van der Waals surface area contributed by atoms with Crippen molar-refractivity contribution in [2.75, 3.05) is 26.7 Å². The minimum atomic E-state index is -1.82. The van der Waals surface area contributed by atoms with Crippen LogP contribution in [-0.2, 0) is 9.59 Å². The quantitative estimate of drug-likeness (QED) is 0.451. The number of unbranched alkanes of at least 4 members (excludes halogenated alkanes) is 1. The molecule has 1 aromatic rings. The van der Waals surface area contributed by atoms with Gasteiger partial charge in [0, 0.05) is 13.1 Å². The van der Waals surface area contributed by atoms with Crippen LogP contribution in [0, 0.1) is 0 Å². The summed E-state index contributed by atoms with van der Waals surface area (Å²) in [5.74, 6) is -2.96. The molecule has 1 aliphatic heterocycles. The molecular formula is C15H21N3O5S. The summed E-state index contributed by atoms with van der Waals surface area (Å²) in [5.41, 5.74) is 2.15. The van der Waals surface area contributed by atoms with Gasteiger partial charge >= 0.3 is 11.9 Å². The standard InChI is InChI=1S/C13H19N3OS.C2H2O4/c1-3-4-5-9-17-13-12(14-18-15-13)11-7-6-8-16(2)10-11;3-1(4)2(5)6/h3,7H,1,4-6,8-10H2,2H3;(H,3,4)(H,5,6). The molecule has 0 aliphatic carbocycles. The Kier molecular flexibility index (Phi) is 8.66. The minimum Gasteiger partial charge on any atom is -0.475 e. The molecule has 1 aliphatic rings. The average molecular weight is 355 g/mol. The first-order valence-corrected chi connectivity index (χ1v) is 8.09. The summed E-state index contributed by atoms with van der Waals surface area (Å²) in [4.78, 5) is 20.5. The van der Waals surface area contributed by atoms with Gasteiger partial charge in [0.2, 0.25) is 0 Å². The first kappa shape index (κ1) is 19.8. The first-order valence-electron chi connectivity index (χ1n) is 7.36. The number of aromatic nitrogens is 2. The van der Waals surface area contributed by atoms with Crippen molar-refractivity contribution < 1.29 is 24.5 Å². The van der Waals surface area contributed by atoms with Crippen molar-refractivity contribution in [1.82, 2.24) is 13.6 Å². The topological polar surface area (TPSA) is 113 Å². The molecule has 0 fully saturated rings. The molecule has 0 spiro atoms. The second-order valence-electron chi connectivity index (χ2n) is 5.06. The van der Waals surface area contributed by atoms with Gasteiger partial charge in [0.05, 0.1) is 18.3 Å². The lowest BCUT2D eigenvalue weighted by Gasteiger charge is -2.22. The lowest BCUT2D eigenvalue weighted by atomic mass is 10.1. The highest BCUT2D eigenvalue weighted by atomic mass is 32.1. The maximum Gasteiger partial charge on any atom is 0.414 e. The number of hydrogen-bond acceptors (Lipinski definition) is 7. The van der Waals surface area contributed by atoms with Gasteiger partial charge in [-0.15, -0.1) is 11.0 Å². The van der Waals surface area contributed by atoms with Gasteiger partial charge in [0.1, 0.15) is 5.69 Å². The van der Waals surface area contributed by atoms with Gasteiger partial charge in [0.25, 0.3) is 5.88 Å². The molecule has 0 saturated heterocycles. The number of nitrogens with zero attached hydrogens (tertiary/aromatic N) is 3. The highest BCUT2D eigenvalue weighted by Gasteiger charge is 2.18. The van der Waals surface area contributed by atoms with Crippen LogP contribution in [0.5, 0.6) is 5.88 Å². The fourth-order valence-corrected chi connectivity index (χ4v) is 2.46. The van der Waals surface area contributed by atoms with E-state index in [2.05, 4.69) is 33.3 Å². The van der Waals surface area contributed by atoms with Crippen molar-refractivity contribution in [3.8, 4) is 5.88 Å². The number of carboxylic acids is 2. The van der Waals surface area contributed by atoms with Crippen molar-refractivity contribution in [2.45, 2.75) is 19.3 Å². The summed E-state index contributed by atoms with van der Waals surface area (Å²) >= 11 is 1.22. The Hall–Kier alpha value is -2.26. The molecule has 8 nitrogen and oxygen atoms in total. The van der Waals surface area contributed by atoms with E-state index in [9.17, 15) is 0 Å². The number of carboxylic acid groups (broad SMARTS) is 2. The van der Waals surface area contributed by atoms with Crippen LogP contribution in [0.25, 0.3) is 5.57 Å². The molecule has 0 unspecified atom stereocenters. The van der Waals surface area contributed by atoms with E-state index in [1.54, 1.807) is 0 Å². The normalized spacial score (nSPS) is 14.1. The molecule has 0 aromatic carbocycles. The second-order valence-corrected chi connectivity index (χ2v) is 5.59. The van der Waals surface area contributed by atoms with Gasteiger partial charge in [-0.05, 0) is 31.9 Å². The third-order valence-corrected chi connectivity index (χ3v) is 3.59. The average Bonchev–Trinajstić information content (AvgIpc) is 3.00. The Morgan fingerprint density at radius 3 is 2.71 bits per heavy atom. The molecule has 24 heavy (non-hydrogen) atoms. The molecule has 0 radical (unpaired) electrons. The first-order chi connectivity index (χ1) is 11.5. The SMILES string of the molecule is C=CCCCOc1nsnc1C1=CCCN(C)C1.O=C(O)C(=O)O. The molecule has 0 bridgehead atoms. The van der Waals surface area contributed by atoms with E-state index in [0.29, 0.717) is 12.5 Å². The van der Waals surface area contributed by atoms with Crippen LogP contribution in [0.15, 0.2) is 18.7 Å². The summed E-state index contributed by atoms with van der Waals surface area (Å²) < 4.78 is 14.3. The highest BCUT2D eigenvalue weighted by molar-refractivity contribution is 6.99. The van der Waals surface area contributed by atoms with E-state index in [-0.39, 0.29) is 0 Å². The molecular weight excluding hydrogens is 334 g/mol. The smallest absolute Gasteiger partial charge is 0.414 e. The van der Waals surface area contributed by atoms with E-state index in [4.69, 9.17) is 24.5 Å². The lowest BCUT2D eigenvalue weighted by molar-refractivity contribution is -0.159. The Labute approximate surface area is 144 Å². The summed E-state index contributed by atoms with van der Waals surface area (Å²) in [6.45, 7) is 6.41. The zero-order valence-corrected chi connectivity index (χ0v) is 14.3. The van der Waals surface area contributed by atoms with Gasteiger partial charge in [-0.25, -0.2) is 9.59 Å². The Morgan fingerprint density at radius 2 is 2.12 bits per heavy atom. The van der Waals surface area contributed by atoms with Crippen molar-refractivity contribution in [2.24, 2.45) is 0 Å². The van der Waals surface area contributed by atoms with Gasteiger partial charge < -0.3 is 19.8 Å². The summed E-state index contributed by atoms with van der Waals surface area (Å²) in [7, 11) is 2.12. The molecule has 1 aromatic heterocycles. The number of likely N-dealkylation sites (N-methyl/N-ethyl adjacent to an activating group) is 1. The van der Waals surface area contributed by atoms with Crippen LogP contribution in [0.1, 0.15) is 25.0 Å². The Bertz CT molecular complexity index is 588. The van der Waals surface area contributed by atoms with E-state index in [1.807, 2.05) is 6.08 Å². The third kappa shape index (κ3) is 6.88. The van der Waals surface area contributed by atoms with Gasteiger partial charge in [0.15, 0.2) is 0 Å². The van der Waals surface area contributed by atoms with E-state index >= 15 is 0 Å². The number of ether oxygens (including phenoxy) is 1. The van der Waals surface area contributed by atoms with Crippen LogP contribution in [0.2, 0.25) is 0 Å². The highest BCUT2D eigenvalue weighted by Crippen LogP contribution is 2.26. The van der Waals surface area contributed by atoms with Crippen molar-refractivity contribution in [3.63, 3.8) is 0 Å². The Balaban J connectivity index is 0.000000413. The predicted octanol–water partition coefficient (Wildman–Crippen LogP) is 1.76. The van der Waals surface area contributed by atoms with Crippen molar-refractivity contribution in [1.29, 1.82) is 0 Å². The number of allylic oxidation sites excluding steroid dienone is 1. The van der Waals surface area contributed by atoms with Crippen molar-refractivity contribution >= 4 is 29.2 Å². The molecule has 132 valence electrons. The molecule has 2 heterocycles. The fourth-order valence-electron chi connectivity index (χ4n) is 1.93.